The summed E-state index contributed by atoms with van der Waals surface area (Å²) in [7, 11) is 1.70. The fraction of sp³-hybridized carbons (Fsp3) is 0.450. The van der Waals surface area contributed by atoms with Crippen molar-refractivity contribution in [1.82, 2.24) is 28.8 Å². The number of rotatable bonds is 7. The Morgan fingerprint density at radius 3 is 2.86 bits per heavy atom. The molecule has 0 N–H and O–H groups in total. The van der Waals surface area contributed by atoms with Crippen molar-refractivity contribution >= 4 is 0 Å². The average Bonchev–Trinajstić information content (AvgIpc) is 3.31. The Balaban J connectivity index is 1.50. The van der Waals surface area contributed by atoms with Gasteiger partial charge in [-0.3, -0.25) is 9.47 Å². The largest absolute Gasteiger partial charge is 0.496 e. The molecule has 8 heteroatoms. The number of aryl methyl sites for hydroxylation is 1. The second-order valence-corrected chi connectivity index (χ2v) is 7.17. The van der Waals surface area contributed by atoms with E-state index in [0.29, 0.717) is 19.6 Å². The van der Waals surface area contributed by atoms with Crippen molar-refractivity contribution in [3.63, 3.8) is 0 Å². The van der Waals surface area contributed by atoms with Gasteiger partial charge < -0.3 is 9.30 Å². The van der Waals surface area contributed by atoms with Gasteiger partial charge in [-0.15, -0.1) is 0 Å². The van der Waals surface area contributed by atoms with Crippen LogP contribution in [0.4, 0.5) is 0 Å². The van der Waals surface area contributed by atoms with Gasteiger partial charge in [0, 0.05) is 44.1 Å². The van der Waals surface area contributed by atoms with Crippen molar-refractivity contribution in [3.05, 3.63) is 64.4 Å². The lowest BCUT2D eigenvalue weighted by Gasteiger charge is -2.26. The smallest absolute Gasteiger partial charge is 0.345 e. The van der Waals surface area contributed by atoms with Crippen molar-refractivity contribution in [2.75, 3.05) is 13.7 Å². The van der Waals surface area contributed by atoms with Gasteiger partial charge in [0.05, 0.1) is 26.5 Å². The lowest BCUT2D eigenvalue weighted by molar-refractivity contribution is 0.207. The molecule has 0 unspecified atom stereocenters. The average molecular weight is 382 g/mol. The lowest BCUT2D eigenvalue weighted by Crippen LogP contribution is -2.37. The highest BCUT2D eigenvalue weighted by Crippen LogP contribution is 2.23. The third kappa shape index (κ3) is 3.73. The molecule has 1 aromatic carbocycles. The molecule has 0 radical (unpaired) electrons. The van der Waals surface area contributed by atoms with Crippen LogP contribution in [0.2, 0.25) is 0 Å². The van der Waals surface area contributed by atoms with Crippen LogP contribution < -0.4 is 10.4 Å². The van der Waals surface area contributed by atoms with Crippen LogP contribution >= 0.6 is 0 Å². The number of fused-ring (bicyclic) bond motifs is 1. The van der Waals surface area contributed by atoms with Gasteiger partial charge in [-0.25, -0.2) is 14.5 Å². The molecule has 8 nitrogen and oxygen atoms in total. The van der Waals surface area contributed by atoms with Crippen LogP contribution in [0.5, 0.6) is 5.75 Å². The van der Waals surface area contributed by atoms with Crippen molar-refractivity contribution in [2.45, 2.75) is 46.1 Å². The van der Waals surface area contributed by atoms with E-state index in [1.165, 1.54) is 5.56 Å². The second-order valence-electron chi connectivity index (χ2n) is 7.17. The molecule has 1 aliphatic heterocycles. The molecule has 1 aliphatic rings. The van der Waals surface area contributed by atoms with Crippen molar-refractivity contribution < 1.29 is 4.74 Å². The SMILES string of the molecule is CCCn1nc2n(c1=O)CCN(Cc1ccc(OC)c(Cn3ccnc3)c1)C2. The first kappa shape index (κ1) is 18.5. The van der Waals surface area contributed by atoms with Gasteiger partial charge in [0.15, 0.2) is 0 Å². The molecule has 0 bridgehead atoms. The van der Waals surface area contributed by atoms with Crippen molar-refractivity contribution in [1.29, 1.82) is 0 Å². The van der Waals surface area contributed by atoms with E-state index in [9.17, 15) is 4.79 Å². The Morgan fingerprint density at radius 2 is 2.11 bits per heavy atom. The Labute approximate surface area is 164 Å². The summed E-state index contributed by atoms with van der Waals surface area (Å²) < 4.78 is 11.0. The minimum Gasteiger partial charge on any atom is -0.496 e. The molecule has 0 aliphatic carbocycles. The maximum absolute atomic E-state index is 12.4. The predicted octanol–water partition coefficient (Wildman–Crippen LogP) is 1.72. The molecule has 28 heavy (non-hydrogen) atoms. The summed E-state index contributed by atoms with van der Waals surface area (Å²) in [6.45, 7) is 6.49. The summed E-state index contributed by atoms with van der Waals surface area (Å²) in [5.74, 6) is 1.74. The summed E-state index contributed by atoms with van der Waals surface area (Å²) in [4.78, 5) is 18.8. The summed E-state index contributed by atoms with van der Waals surface area (Å²) in [6, 6.07) is 6.32. The third-order valence-corrected chi connectivity index (χ3v) is 5.10. The topological polar surface area (TPSA) is 70.1 Å². The molecule has 2 aromatic heterocycles. The third-order valence-electron chi connectivity index (χ3n) is 5.10. The van der Waals surface area contributed by atoms with Gasteiger partial charge in [0.25, 0.3) is 0 Å². The maximum atomic E-state index is 12.4. The van der Waals surface area contributed by atoms with Crippen LogP contribution in [0.3, 0.4) is 0 Å². The van der Waals surface area contributed by atoms with Gasteiger partial charge in [0.2, 0.25) is 0 Å². The molecule has 3 aromatic rings. The van der Waals surface area contributed by atoms with E-state index in [0.717, 1.165) is 43.2 Å². The van der Waals surface area contributed by atoms with Crippen LogP contribution in [-0.4, -0.2) is 42.5 Å². The minimum atomic E-state index is 0.0172. The summed E-state index contributed by atoms with van der Waals surface area (Å²) >= 11 is 0. The van der Waals surface area contributed by atoms with Crippen LogP contribution in [0.1, 0.15) is 30.3 Å². The number of methoxy groups -OCH3 is 1. The molecule has 0 saturated carbocycles. The van der Waals surface area contributed by atoms with Crippen molar-refractivity contribution in [3.8, 4) is 5.75 Å². The van der Waals surface area contributed by atoms with E-state index in [1.54, 1.807) is 18.0 Å². The van der Waals surface area contributed by atoms with E-state index in [1.807, 2.05) is 27.7 Å². The first-order valence-corrected chi connectivity index (χ1v) is 9.68. The molecule has 0 fully saturated rings. The number of hydrogen-bond donors (Lipinski definition) is 0. The Bertz CT molecular complexity index is 989. The van der Waals surface area contributed by atoms with Gasteiger partial charge in [0.1, 0.15) is 11.6 Å². The minimum absolute atomic E-state index is 0.0172. The highest BCUT2D eigenvalue weighted by Gasteiger charge is 2.22. The molecule has 3 heterocycles. The number of nitrogens with zero attached hydrogens (tertiary/aromatic N) is 6. The predicted molar refractivity (Wildman–Crippen MR) is 105 cm³/mol. The fourth-order valence-corrected chi connectivity index (χ4v) is 3.73. The first-order chi connectivity index (χ1) is 13.7. The number of benzene rings is 1. The first-order valence-electron chi connectivity index (χ1n) is 9.68. The van der Waals surface area contributed by atoms with Gasteiger partial charge in [-0.05, 0) is 24.1 Å². The van der Waals surface area contributed by atoms with Crippen LogP contribution in [0.25, 0.3) is 0 Å². The monoisotopic (exact) mass is 382 g/mol. The Hall–Kier alpha value is -2.87. The highest BCUT2D eigenvalue weighted by atomic mass is 16.5. The van der Waals surface area contributed by atoms with Gasteiger partial charge in [-0.2, -0.15) is 5.10 Å². The summed E-state index contributed by atoms with van der Waals surface area (Å²) in [5.41, 5.74) is 2.36. The fourth-order valence-electron chi connectivity index (χ4n) is 3.73. The van der Waals surface area contributed by atoms with Crippen LogP contribution in [0, 0.1) is 0 Å². The van der Waals surface area contributed by atoms with E-state index < -0.39 is 0 Å². The second kappa shape index (κ2) is 8.02. The normalized spacial score (nSPS) is 14.2. The Morgan fingerprint density at radius 1 is 1.21 bits per heavy atom. The number of aromatic nitrogens is 5. The lowest BCUT2D eigenvalue weighted by atomic mass is 10.1. The Kier molecular flexibility index (Phi) is 5.29. The number of hydrogen-bond acceptors (Lipinski definition) is 5. The zero-order chi connectivity index (χ0) is 19.5. The van der Waals surface area contributed by atoms with E-state index >= 15 is 0 Å². The molecular weight excluding hydrogens is 356 g/mol. The molecule has 0 spiro atoms. The number of imidazole rings is 1. The summed E-state index contributed by atoms with van der Waals surface area (Å²) in [6.07, 6.45) is 6.44. The zero-order valence-electron chi connectivity index (χ0n) is 16.4. The molecule has 148 valence electrons. The standard InChI is InChI=1S/C20H26N6O2/c1-3-7-26-20(27)25-10-9-23(14-19(25)22-26)12-16-4-5-18(28-2)17(11-16)13-24-8-6-21-15-24/h4-6,8,11,15H,3,7,9-10,12-14H2,1-2H3. The molecule has 0 atom stereocenters. The molecular formula is C20H26N6O2. The highest BCUT2D eigenvalue weighted by molar-refractivity contribution is 5.37. The van der Waals surface area contributed by atoms with Gasteiger partial charge >= 0.3 is 5.69 Å². The molecule has 4 rings (SSSR count). The van der Waals surface area contributed by atoms with E-state index in [-0.39, 0.29) is 5.69 Å². The maximum Gasteiger partial charge on any atom is 0.345 e. The molecule has 0 amide bonds. The van der Waals surface area contributed by atoms with E-state index in [4.69, 9.17) is 4.74 Å². The number of ether oxygens (including phenoxy) is 1. The van der Waals surface area contributed by atoms with Crippen LogP contribution in [0.15, 0.2) is 41.7 Å². The van der Waals surface area contributed by atoms with Crippen molar-refractivity contribution in [2.24, 2.45) is 0 Å². The summed E-state index contributed by atoms with van der Waals surface area (Å²) in [5, 5.41) is 4.52. The van der Waals surface area contributed by atoms with E-state index in [2.05, 4.69) is 34.0 Å². The van der Waals surface area contributed by atoms with Crippen LogP contribution in [-0.2, 0) is 32.7 Å². The van der Waals surface area contributed by atoms with Gasteiger partial charge in [-0.1, -0.05) is 13.0 Å². The molecule has 0 saturated heterocycles. The quantitative estimate of drug-likeness (QED) is 0.622. The zero-order valence-corrected chi connectivity index (χ0v) is 16.4.